The van der Waals surface area contributed by atoms with Crippen molar-refractivity contribution in [1.82, 2.24) is 0 Å². The molecular weight excluding hydrogens is 448 g/mol. The molecule has 3 unspecified atom stereocenters. The molecule has 0 saturated carbocycles. The highest BCUT2D eigenvalue weighted by molar-refractivity contribution is 5.66. The predicted molar refractivity (Wildman–Crippen MR) is 116 cm³/mol. The van der Waals surface area contributed by atoms with E-state index in [0.29, 0.717) is 34.5 Å². The molecule has 1 fully saturated rings. The molecule has 3 atom stereocenters. The molecule has 0 radical (unpaired) electrons. The van der Waals surface area contributed by atoms with Crippen molar-refractivity contribution in [3.05, 3.63) is 35.4 Å². The van der Waals surface area contributed by atoms with E-state index in [4.69, 9.17) is 37.9 Å². The second kappa shape index (κ2) is 9.11. The third kappa shape index (κ3) is 3.92. The number of benzene rings is 2. The topological polar surface area (TPSA) is 111 Å². The Kier molecular flexibility index (Phi) is 6.01. The standard InChI is InChI=1S/C24H26O10/c1-12(25)29-9-16-15(8-30-24(16)26)21(13-4-17(27-2)22-19(6-13)31-10-33-22)14-5-18(28-3)23-20(7-14)32-11-34-23/h4-7,15-16,21,24,26H,8-11H2,1-3H3. The molecule has 1 N–H and O–H groups in total. The Hall–Kier alpha value is -3.37. The average molecular weight is 474 g/mol. The summed E-state index contributed by atoms with van der Waals surface area (Å²) in [4.78, 5) is 11.5. The van der Waals surface area contributed by atoms with Crippen LogP contribution in [0.1, 0.15) is 24.0 Å². The number of rotatable bonds is 7. The number of fused-ring (bicyclic) bond motifs is 2. The van der Waals surface area contributed by atoms with Crippen LogP contribution in [0.3, 0.4) is 0 Å². The van der Waals surface area contributed by atoms with Gasteiger partial charge in [0.25, 0.3) is 0 Å². The number of carbonyl (C=O) groups is 1. The van der Waals surface area contributed by atoms with Crippen molar-refractivity contribution in [2.45, 2.75) is 19.1 Å². The largest absolute Gasteiger partial charge is 0.493 e. The SMILES string of the molecule is COc1cc(C(c2cc(OC)c3c(c2)OCO3)C2COC(O)C2COC(C)=O)cc2c1OCO2. The van der Waals surface area contributed by atoms with Crippen molar-refractivity contribution >= 4 is 5.97 Å². The fraction of sp³-hybridized carbons (Fsp3) is 0.458. The number of hydrogen-bond donors (Lipinski definition) is 1. The van der Waals surface area contributed by atoms with Gasteiger partial charge in [0.2, 0.25) is 25.1 Å². The van der Waals surface area contributed by atoms with Gasteiger partial charge in [0.15, 0.2) is 29.3 Å². The highest BCUT2D eigenvalue weighted by atomic mass is 16.7. The molecule has 34 heavy (non-hydrogen) atoms. The Morgan fingerprint density at radius 2 is 1.53 bits per heavy atom. The van der Waals surface area contributed by atoms with Crippen LogP contribution in [0, 0.1) is 11.8 Å². The van der Waals surface area contributed by atoms with Gasteiger partial charge in [-0.15, -0.1) is 0 Å². The predicted octanol–water partition coefficient (Wildman–Crippen LogP) is 2.44. The van der Waals surface area contributed by atoms with Gasteiger partial charge in [0.05, 0.1) is 27.4 Å². The first-order valence-corrected chi connectivity index (χ1v) is 10.9. The number of aliphatic hydroxyl groups excluding tert-OH is 1. The van der Waals surface area contributed by atoms with E-state index >= 15 is 0 Å². The van der Waals surface area contributed by atoms with E-state index in [9.17, 15) is 9.90 Å². The number of ether oxygens (including phenoxy) is 8. The van der Waals surface area contributed by atoms with Crippen molar-refractivity contribution in [3.8, 4) is 34.5 Å². The summed E-state index contributed by atoms with van der Waals surface area (Å²) in [6.07, 6.45) is -1.08. The quantitative estimate of drug-likeness (QED) is 0.601. The van der Waals surface area contributed by atoms with E-state index < -0.39 is 18.2 Å². The van der Waals surface area contributed by atoms with E-state index in [0.717, 1.165) is 11.1 Å². The fourth-order valence-corrected chi connectivity index (χ4v) is 4.78. The third-order valence-electron chi connectivity index (χ3n) is 6.36. The first kappa shape index (κ1) is 22.4. The normalized spacial score (nSPS) is 22.2. The summed E-state index contributed by atoms with van der Waals surface area (Å²) in [5, 5.41) is 10.6. The highest BCUT2D eigenvalue weighted by Crippen LogP contribution is 2.51. The monoisotopic (exact) mass is 474 g/mol. The van der Waals surface area contributed by atoms with Crippen molar-refractivity contribution in [1.29, 1.82) is 0 Å². The molecule has 3 heterocycles. The second-order valence-electron chi connectivity index (χ2n) is 8.25. The van der Waals surface area contributed by atoms with Crippen LogP contribution in [0.25, 0.3) is 0 Å². The van der Waals surface area contributed by atoms with Crippen LogP contribution in [0.2, 0.25) is 0 Å². The smallest absolute Gasteiger partial charge is 0.302 e. The summed E-state index contributed by atoms with van der Waals surface area (Å²) < 4.78 is 44.5. The van der Waals surface area contributed by atoms with Crippen LogP contribution >= 0.6 is 0 Å². The van der Waals surface area contributed by atoms with E-state index in [2.05, 4.69) is 0 Å². The second-order valence-corrected chi connectivity index (χ2v) is 8.25. The van der Waals surface area contributed by atoms with Crippen LogP contribution < -0.4 is 28.4 Å². The first-order chi connectivity index (χ1) is 16.5. The molecule has 0 aliphatic carbocycles. The van der Waals surface area contributed by atoms with Crippen LogP contribution in [0.4, 0.5) is 0 Å². The lowest BCUT2D eigenvalue weighted by Crippen LogP contribution is -2.30. The molecule has 0 amide bonds. The summed E-state index contributed by atoms with van der Waals surface area (Å²) >= 11 is 0. The van der Waals surface area contributed by atoms with Gasteiger partial charge in [0, 0.05) is 24.7 Å². The van der Waals surface area contributed by atoms with Gasteiger partial charge >= 0.3 is 5.97 Å². The summed E-state index contributed by atoms with van der Waals surface area (Å²) in [6, 6.07) is 7.53. The van der Waals surface area contributed by atoms with E-state index in [1.807, 2.05) is 24.3 Å². The molecule has 3 aliphatic rings. The Morgan fingerprint density at radius 3 is 2.03 bits per heavy atom. The lowest BCUT2D eigenvalue weighted by Gasteiger charge is -2.29. The van der Waals surface area contributed by atoms with Crippen LogP contribution in [-0.4, -0.2) is 58.4 Å². The van der Waals surface area contributed by atoms with Crippen LogP contribution in [0.5, 0.6) is 34.5 Å². The molecule has 10 heteroatoms. The third-order valence-corrected chi connectivity index (χ3v) is 6.36. The number of carbonyl (C=O) groups excluding carboxylic acids is 1. The minimum Gasteiger partial charge on any atom is -0.493 e. The molecule has 3 aliphatic heterocycles. The summed E-state index contributed by atoms with van der Waals surface area (Å²) in [7, 11) is 3.12. The zero-order valence-corrected chi connectivity index (χ0v) is 19.1. The molecule has 0 spiro atoms. The molecule has 2 aromatic rings. The maximum absolute atomic E-state index is 11.5. The van der Waals surface area contributed by atoms with Gasteiger partial charge < -0.3 is 43.0 Å². The van der Waals surface area contributed by atoms with Crippen LogP contribution in [0.15, 0.2) is 24.3 Å². The molecule has 1 saturated heterocycles. The molecule has 5 rings (SSSR count). The lowest BCUT2D eigenvalue weighted by molar-refractivity contribution is -0.147. The van der Waals surface area contributed by atoms with Gasteiger partial charge in [-0.3, -0.25) is 4.79 Å². The molecular formula is C24H26O10. The van der Waals surface area contributed by atoms with Crippen LogP contribution in [-0.2, 0) is 14.3 Å². The number of aliphatic hydroxyl groups is 1. The molecule has 2 aromatic carbocycles. The number of esters is 1. The average Bonchev–Trinajstić information content (AvgIpc) is 3.57. The maximum Gasteiger partial charge on any atom is 0.302 e. The summed E-state index contributed by atoms with van der Waals surface area (Å²) in [6.45, 7) is 1.78. The van der Waals surface area contributed by atoms with Crippen molar-refractivity contribution in [3.63, 3.8) is 0 Å². The van der Waals surface area contributed by atoms with Gasteiger partial charge in [-0.05, 0) is 35.4 Å². The van der Waals surface area contributed by atoms with E-state index in [1.54, 1.807) is 14.2 Å². The fourth-order valence-electron chi connectivity index (χ4n) is 4.78. The highest BCUT2D eigenvalue weighted by Gasteiger charge is 2.44. The Morgan fingerprint density at radius 1 is 0.971 bits per heavy atom. The first-order valence-electron chi connectivity index (χ1n) is 10.9. The molecule has 0 aromatic heterocycles. The Labute approximate surface area is 196 Å². The van der Waals surface area contributed by atoms with E-state index in [1.165, 1.54) is 6.92 Å². The van der Waals surface area contributed by atoms with Gasteiger partial charge in [0.1, 0.15) is 0 Å². The summed E-state index contributed by atoms with van der Waals surface area (Å²) in [5.74, 6) is 1.75. The number of hydrogen-bond acceptors (Lipinski definition) is 10. The summed E-state index contributed by atoms with van der Waals surface area (Å²) in [5.41, 5.74) is 1.69. The van der Waals surface area contributed by atoms with Gasteiger partial charge in [-0.1, -0.05) is 0 Å². The van der Waals surface area contributed by atoms with Crippen molar-refractivity contribution in [2.24, 2.45) is 11.8 Å². The van der Waals surface area contributed by atoms with Crippen molar-refractivity contribution in [2.75, 3.05) is 41.0 Å². The minimum atomic E-state index is -1.08. The van der Waals surface area contributed by atoms with Gasteiger partial charge in [-0.25, -0.2) is 0 Å². The zero-order chi connectivity index (χ0) is 23.8. The molecule has 10 nitrogen and oxygen atoms in total. The lowest BCUT2D eigenvalue weighted by atomic mass is 9.75. The van der Waals surface area contributed by atoms with E-state index in [-0.39, 0.29) is 38.6 Å². The Balaban J connectivity index is 1.63. The minimum absolute atomic E-state index is 0.0149. The Bertz CT molecular complexity index is 1020. The zero-order valence-electron chi connectivity index (χ0n) is 19.1. The molecule has 182 valence electrons. The molecule has 0 bridgehead atoms. The maximum atomic E-state index is 11.5. The number of methoxy groups -OCH3 is 2. The van der Waals surface area contributed by atoms with Gasteiger partial charge in [-0.2, -0.15) is 0 Å². The van der Waals surface area contributed by atoms with Crippen molar-refractivity contribution < 1.29 is 47.8 Å².